The van der Waals surface area contributed by atoms with Crippen molar-refractivity contribution in [2.45, 2.75) is 106 Å². The lowest BCUT2D eigenvalue weighted by molar-refractivity contribution is -0.346. The van der Waals surface area contributed by atoms with Crippen molar-refractivity contribution in [2.24, 2.45) is 11.8 Å². The number of fused-ring (bicyclic) bond motifs is 1. The van der Waals surface area contributed by atoms with E-state index in [9.17, 15) is 40.9 Å². The molecule has 4 aliphatic rings. The largest absolute Gasteiger partial charge is 0.427 e. The van der Waals surface area contributed by atoms with Gasteiger partial charge in [0.2, 0.25) is 0 Å². The van der Waals surface area contributed by atoms with Gasteiger partial charge in [-0.3, -0.25) is 0 Å². The Labute approximate surface area is 179 Å². The fraction of sp³-hybridized carbons (Fsp3) is 1.00. The maximum atomic E-state index is 10.5. The second-order valence-electron chi connectivity index (χ2n) is 9.58. The SMILES string of the molecule is OC1CC(O)C2CC(OC3OCC(O)C(O)C3O)C(C3CC(O)C(O)C(O)C3)[OH+]C2C1. The van der Waals surface area contributed by atoms with Crippen LogP contribution >= 0.6 is 0 Å². The first-order valence-corrected chi connectivity index (χ1v) is 11.1. The molecule has 4 rings (SSSR count). The number of hydrogen-bond donors (Lipinski definition) is 8. The van der Waals surface area contributed by atoms with Crippen LogP contribution in [0.2, 0.25) is 0 Å². The molecule has 11 heteroatoms. The number of rotatable bonds is 3. The maximum absolute atomic E-state index is 10.5. The minimum absolute atomic E-state index is 0.185. The fourth-order valence-corrected chi connectivity index (χ4v) is 5.63. The van der Waals surface area contributed by atoms with E-state index >= 15 is 0 Å². The summed E-state index contributed by atoms with van der Waals surface area (Å²) < 4.78 is 16.2. The standard InChI is InChI=1S/C20H34O11/c21-8-3-10(22)9-5-15(31-20-18(28)17(27)13(25)6-29-20)19(30-14(9)4-8)7-1-11(23)16(26)12(24)2-7/h7-28H,1-6H2/p+1. The Bertz CT molecular complexity index is 596. The van der Waals surface area contributed by atoms with E-state index in [-0.39, 0.29) is 43.8 Å². The number of aliphatic hydroxyl groups is 10. The molecular weight excluding hydrogens is 416 g/mol. The summed E-state index contributed by atoms with van der Waals surface area (Å²) in [6.45, 7) is -0.217. The van der Waals surface area contributed by atoms with Gasteiger partial charge in [0.1, 0.15) is 30.5 Å². The van der Waals surface area contributed by atoms with Crippen LogP contribution < -0.4 is 0 Å². The van der Waals surface area contributed by atoms with Gasteiger partial charge in [-0.25, -0.2) is 0 Å². The van der Waals surface area contributed by atoms with E-state index in [0.29, 0.717) is 12.8 Å². The van der Waals surface area contributed by atoms with E-state index in [1.165, 1.54) is 0 Å². The molecule has 0 spiro atoms. The fourth-order valence-electron chi connectivity index (χ4n) is 5.63. The van der Waals surface area contributed by atoms with Gasteiger partial charge < -0.3 is 55.1 Å². The van der Waals surface area contributed by atoms with Crippen LogP contribution in [-0.2, 0) is 9.47 Å². The molecule has 2 aliphatic heterocycles. The zero-order valence-corrected chi connectivity index (χ0v) is 17.2. The van der Waals surface area contributed by atoms with Crippen molar-refractivity contribution in [3.63, 3.8) is 0 Å². The summed E-state index contributed by atoms with van der Waals surface area (Å²) in [4.78, 5) is 0. The lowest BCUT2D eigenvalue weighted by Crippen LogP contribution is -2.62. The van der Waals surface area contributed by atoms with Gasteiger partial charge in [0.25, 0.3) is 0 Å². The smallest absolute Gasteiger partial charge is 0.186 e. The third kappa shape index (κ3) is 4.78. The summed E-state index contributed by atoms with van der Waals surface area (Å²) in [6.07, 6.45) is -10.5. The van der Waals surface area contributed by atoms with Gasteiger partial charge in [-0.1, -0.05) is 0 Å². The number of aliphatic hydroxyl groups excluding tert-OH is 8. The van der Waals surface area contributed by atoms with Crippen LogP contribution in [0.3, 0.4) is 0 Å². The van der Waals surface area contributed by atoms with E-state index in [2.05, 4.69) is 0 Å². The van der Waals surface area contributed by atoms with Gasteiger partial charge in [0.15, 0.2) is 18.5 Å². The molecule has 12 atom stereocenters. The lowest BCUT2D eigenvalue weighted by atomic mass is 9.72. The molecule has 0 aromatic rings. The van der Waals surface area contributed by atoms with Crippen LogP contribution in [0.1, 0.15) is 32.1 Å². The Kier molecular flexibility index (Phi) is 7.21. The van der Waals surface area contributed by atoms with Gasteiger partial charge in [0, 0.05) is 18.8 Å². The van der Waals surface area contributed by atoms with Crippen LogP contribution in [0.5, 0.6) is 0 Å². The number of ether oxygens (including phenoxy) is 3. The third-order valence-electron chi connectivity index (χ3n) is 7.39. The van der Waals surface area contributed by atoms with Gasteiger partial charge in [-0.05, 0) is 19.3 Å². The average molecular weight is 451 g/mol. The minimum Gasteiger partial charge on any atom is -0.427 e. The summed E-state index contributed by atoms with van der Waals surface area (Å²) in [5, 5.41) is 80.8. The summed E-state index contributed by atoms with van der Waals surface area (Å²) in [6, 6.07) is 0. The highest BCUT2D eigenvalue weighted by Crippen LogP contribution is 2.42. The van der Waals surface area contributed by atoms with Crippen LogP contribution in [-0.4, -0.2) is 126 Å². The molecule has 180 valence electrons. The van der Waals surface area contributed by atoms with E-state index in [1.54, 1.807) is 0 Å². The molecule has 2 saturated heterocycles. The quantitative estimate of drug-likeness (QED) is 0.197. The van der Waals surface area contributed by atoms with Crippen LogP contribution in [0.4, 0.5) is 0 Å². The second-order valence-corrected chi connectivity index (χ2v) is 9.58. The van der Waals surface area contributed by atoms with Crippen molar-refractivity contribution in [3.05, 3.63) is 0 Å². The summed E-state index contributed by atoms with van der Waals surface area (Å²) in [5.41, 5.74) is 0. The Morgan fingerprint density at radius 2 is 1.35 bits per heavy atom. The molecule has 11 nitrogen and oxygen atoms in total. The third-order valence-corrected chi connectivity index (χ3v) is 7.39. The molecule has 0 aromatic heterocycles. The highest BCUT2D eigenvalue weighted by molar-refractivity contribution is 4.99. The predicted molar refractivity (Wildman–Crippen MR) is 103 cm³/mol. The van der Waals surface area contributed by atoms with E-state index in [0.717, 1.165) is 0 Å². The van der Waals surface area contributed by atoms with Crippen molar-refractivity contribution in [1.82, 2.24) is 0 Å². The van der Waals surface area contributed by atoms with Crippen LogP contribution in [0.15, 0.2) is 0 Å². The first-order chi connectivity index (χ1) is 14.7. The molecule has 4 fully saturated rings. The molecule has 12 unspecified atom stereocenters. The molecule has 2 heterocycles. The molecule has 31 heavy (non-hydrogen) atoms. The van der Waals surface area contributed by atoms with E-state index < -0.39 is 67.3 Å². The first kappa shape index (κ1) is 23.7. The zero-order chi connectivity index (χ0) is 22.4. The molecular formula is C20H35O11+. The Balaban J connectivity index is 1.54. The zero-order valence-electron chi connectivity index (χ0n) is 17.2. The van der Waals surface area contributed by atoms with E-state index in [4.69, 9.17) is 14.2 Å². The highest BCUT2D eigenvalue weighted by Gasteiger charge is 2.54. The average Bonchev–Trinajstić information content (AvgIpc) is 2.72. The Hall–Kier alpha value is -0.440. The Morgan fingerprint density at radius 3 is 2.03 bits per heavy atom. The normalized spacial score (nSPS) is 56.1. The maximum Gasteiger partial charge on any atom is 0.186 e. The van der Waals surface area contributed by atoms with Crippen molar-refractivity contribution in [1.29, 1.82) is 0 Å². The number of hydrogen-bond acceptors (Lipinski definition) is 10. The van der Waals surface area contributed by atoms with Crippen molar-refractivity contribution >= 4 is 0 Å². The molecule has 0 radical (unpaired) electrons. The van der Waals surface area contributed by atoms with Crippen LogP contribution in [0, 0.1) is 11.8 Å². The monoisotopic (exact) mass is 451 g/mol. The summed E-state index contributed by atoms with van der Waals surface area (Å²) >= 11 is 0. The van der Waals surface area contributed by atoms with Crippen molar-refractivity contribution < 1.29 is 55.1 Å². The molecule has 2 saturated carbocycles. The summed E-state index contributed by atoms with van der Waals surface area (Å²) in [5.74, 6) is -0.614. The molecule has 0 amide bonds. The van der Waals surface area contributed by atoms with Crippen LogP contribution in [0.25, 0.3) is 0 Å². The molecule has 2 aliphatic carbocycles. The molecule has 0 aromatic carbocycles. The first-order valence-electron chi connectivity index (χ1n) is 11.1. The Morgan fingerprint density at radius 1 is 0.677 bits per heavy atom. The lowest BCUT2D eigenvalue weighted by Gasteiger charge is -2.48. The molecule has 0 bridgehead atoms. The van der Waals surface area contributed by atoms with Gasteiger partial charge in [0.05, 0.1) is 36.9 Å². The van der Waals surface area contributed by atoms with Crippen molar-refractivity contribution in [2.75, 3.05) is 6.61 Å². The second kappa shape index (κ2) is 9.43. The van der Waals surface area contributed by atoms with Gasteiger partial charge >= 0.3 is 0 Å². The van der Waals surface area contributed by atoms with Gasteiger partial charge in [-0.2, -0.15) is 0 Å². The summed E-state index contributed by atoms with van der Waals surface area (Å²) in [7, 11) is 0. The predicted octanol–water partition coefficient (Wildman–Crippen LogP) is -3.90. The van der Waals surface area contributed by atoms with E-state index in [1.807, 2.05) is 0 Å². The van der Waals surface area contributed by atoms with Gasteiger partial charge in [-0.15, -0.1) is 0 Å². The topological polar surface area (TPSA) is 193 Å². The minimum atomic E-state index is -1.48. The highest BCUT2D eigenvalue weighted by atomic mass is 16.7. The van der Waals surface area contributed by atoms with Crippen molar-refractivity contribution in [3.8, 4) is 0 Å². The molecule has 9 N–H and O–H groups in total.